The molecule has 8 nitrogen and oxygen atoms in total. The van der Waals surface area contributed by atoms with Gasteiger partial charge in [0.2, 0.25) is 11.7 Å². The Balaban J connectivity index is 1.64. The summed E-state index contributed by atoms with van der Waals surface area (Å²) in [5, 5.41) is 5.51. The first kappa shape index (κ1) is 19.8. The standard InChI is InChI=1S/C21H18N2O6/c1-12-6-7-18-16(8-12)17(25)10-19(29-18)21(27)28-11-20(26)23-15-5-3-4-14(9-15)22-13(2)24/h3-10H,11H2,1-2H3,(H,22,24)(H,23,26). The molecule has 148 valence electrons. The molecule has 0 fully saturated rings. The molecule has 2 aromatic carbocycles. The van der Waals surface area contributed by atoms with Crippen LogP contribution in [0.1, 0.15) is 23.0 Å². The van der Waals surface area contributed by atoms with Crippen LogP contribution < -0.4 is 16.1 Å². The van der Waals surface area contributed by atoms with Crippen LogP contribution in [0, 0.1) is 6.92 Å². The van der Waals surface area contributed by atoms with Gasteiger partial charge in [-0.1, -0.05) is 17.7 Å². The van der Waals surface area contributed by atoms with Gasteiger partial charge in [-0.15, -0.1) is 0 Å². The van der Waals surface area contributed by atoms with E-state index in [1.54, 1.807) is 42.5 Å². The molecule has 2 N–H and O–H groups in total. The van der Waals surface area contributed by atoms with Crippen molar-refractivity contribution < 1.29 is 23.5 Å². The number of ether oxygens (including phenoxy) is 1. The minimum Gasteiger partial charge on any atom is -0.450 e. The van der Waals surface area contributed by atoms with Crippen LogP contribution in [0.3, 0.4) is 0 Å². The summed E-state index contributed by atoms with van der Waals surface area (Å²) >= 11 is 0. The Bertz CT molecular complexity index is 1170. The van der Waals surface area contributed by atoms with Crippen molar-refractivity contribution >= 4 is 40.1 Å². The van der Waals surface area contributed by atoms with Crippen LogP contribution in [0.2, 0.25) is 0 Å². The first-order valence-corrected chi connectivity index (χ1v) is 8.71. The molecule has 0 spiro atoms. The van der Waals surface area contributed by atoms with Crippen LogP contribution in [0.5, 0.6) is 0 Å². The van der Waals surface area contributed by atoms with Crippen molar-refractivity contribution in [3.8, 4) is 0 Å². The van der Waals surface area contributed by atoms with Crippen LogP contribution in [0.15, 0.2) is 57.7 Å². The molecule has 3 aromatic rings. The normalized spacial score (nSPS) is 10.4. The van der Waals surface area contributed by atoms with Crippen LogP contribution >= 0.6 is 0 Å². The molecule has 0 bridgehead atoms. The number of rotatable bonds is 5. The predicted molar refractivity (Wildman–Crippen MR) is 107 cm³/mol. The van der Waals surface area contributed by atoms with Crippen LogP contribution in [-0.2, 0) is 14.3 Å². The molecule has 0 saturated carbocycles. The third-order valence-corrected chi connectivity index (χ3v) is 3.88. The number of benzene rings is 2. The molecule has 0 aliphatic carbocycles. The van der Waals surface area contributed by atoms with Crippen LogP contribution in [0.4, 0.5) is 11.4 Å². The smallest absolute Gasteiger partial charge is 0.374 e. The maximum atomic E-state index is 12.2. The molecule has 3 rings (SSSR count). The van der Waals surface area contributed by atoms with Crippen molar-refractivity contribution in [2.75, 3.05) is 17.2 Å². The van der Waals surface area contributed by atoms with Gasteiger partial charge in [0.1, 0.15) is 5.58 Å². The molecule has 0 atom stereocenters. The average molecular weight is 394 g/mol. The van der Waals surface area contributed by atoms with Crippen molar-refractivity contribution in [2.45, 2.75) is 13.8 Å². The summed E-state index contributed by atoms with van der Waals surface area (Å²) in [5.74, 6) is -2.04. The number of esters is 1. The molecule has 2 amide bonds. The van der Waals surface area contributed by atoms with Gasteiger partial charge in [-0.3, -0.25) is 14.4 Å². The van der Waals surface area contributed by atoms with E-state index in [0.717, 1.165) is 11.6 Å². The third-order valence-electron chi connectivity index (χ3n) is 3.88. The molecule has 1 heterocycles. The van der Waals surface area contributed by atoms with E-state index in [4.69, 9.17) is 9.15 Å². The summed E-state index contributed by atoms with van der Waals surface area (Å²) in [6.07, 6.45) is 0. The summed E-state index contributed by atoms with van der Waals surface area (Å²) < 4.78 is 10.3. The van der Waals surface area contributed by atoms with Gasteiger partial charge in [0.05, 0.1) is 5.39 Å². The Labute approximate surface area is 165 Å². The van der Waals surface area contributed by atoms with E-state index in [0.29, 0.717) is 16.8 Å². The number of hydrogen-bond acceptors (Lipinski definition) is 6. The topological polar surface area (TPSA) is 115 Å². The van der Waals surface area contributed by atoms with Gasteiger partial charge in [-0.2, -0.15) is 0 Å². The lowest BCUT2D eigenvalue weighted by molar-refractivity contribution is -0.119. The number of fused-ring (bicyclic) bond motifs is 1. The third kappa shape index (κ3) is 5.07. The fourth-order valence-electron chi connectivity index (χ4n) is 2.65. The highest BCUT2D eigenvalue weighted by Gasteiger charge is 2.16. The molecular weight excluding hydrogens is 376 g/mol. The summed E-state index contributed by atoms with van der Waals surface area (Å²) in [6.45, 7) is 2.64. The lowest BCUT2D eigenvalue weighted by Gasteiger charge is -2.08. The summed E-state index contributed by atoms with van der Waals surface area (Å²) in [4.78, 5) is 47.4. The van der Waals surface area contributed by atoms with Gasteiger partial charge in [-0.05, 0) is 37.3 Å². The van der Waals surface area contributed by atoms with Gasteiger partial charge in [-0.25, -0.2) is 4.79 Å². The second kappa shape index (κ2) is 8.39. The molecule has 0 saturated heterocycles. The Morgan fingerprint density at radius 1 is 1.00 bits per heavy atom. The summed E-state index contributed by atoms with van der Waals surface area (Å²) in [7, 11) is 0. The number of hydrogen-bond donors (Lipinski definition) is 2. The van der Waals surface area contributed by atoms with Crippen molar-refractivity contribution in [1.29, 1.82) is 0 Å². The zero-order chi connectivity index (χ0) is 21.0. The number of carbonyl (C=O) groups is 3. The van der Waals surface area contributed by atoms with Gasteiger partial charge >= 0.3 is 5.97 Å². The number of nitrogens with one attached hydrogen (secondary N) is 2. The highest BCUT2D eigenvalue weighted by molar-refractivity contribution is 5.96. The molecule has 8 heteroatoms. The molecule has 29 heavy (non-hydrogen) atoms. The van der Waals surface area contributed by atoms with E-state index in [-0.39, 0.29) is 22.7 Å². The van der Waals surface area contributed by atoms with Crippen molar-refractivity contribution in [2.24, 2.45) is 0 Å². The van der Waals surface area contributed by atoms with Crippen molar-refractivity contribution in [1.82, 2.24) is 0 Å². The largest absolute Gasteiger partial charge is 0.450 e. The Hall–Kier alpha value is -3.94. The van der Waals surface area contributed by atoms with Crippen LogP contribution in [0.25, 0.3) is 11.0 Å². The van der Waals surface area contributed by atoms with E-state index in [1.165, 1.54) is 6.92 Å². The molecule has 0 aliphatic heterocycles. The van der Waals surface area contributed by atoms with Gasteiger partial charge in [0.15, 0.2) is 12.0 Å². The summed E-state index contributed by atoms with van der Waals surface area (Å²) in [6, 6.07) is 12.6. The Morgan fingerprint density at radius 3 is 2.45 bits per heavy atom. The number of aryl methyl sites for hydroxylation is 1. The number of anilines is 2. The monoisotopic (exact) mass is 394 g/mol. The first-order valence-electron chi connectivity index (χ1n) is 8.71. The van der Waals surface area contributed by atoms with Gasteiger partial charge in [0.25, 0.3) is 5.91 Å². The Kier molecular flexibility index (Phi) is 5.73. The molecular formula is C21H18N2O6. The SMILES string of the molecule is CC(=O)Nc1cccc(NC(=O)COC(=O)c2cc(=O)c3cc(C)ccc3o2)c1. The van der Waals surface area contributed by atoms with Crippen LogP contribution in [-0.4, -0.2) is 24.4 Å². The van der Waals surface area contributed by atoms with Crippen molar-refractivity contribution in [3.05, 3.63) is 70.1 Å². The maximum absolute atomic E-state index is 12.2. The number of amides is 2. The quantitative estimate of drug-likeness (QED) is 0.643. The second-order valence-corrected chi connectivity index (χ2v) is 6.36. The minimum absolute atomic E-state index is 0.241. The van der Waals surface area contributed by atoms with E-state index >= 15 is 0 Å². The molecule has 1 aromatic heterocycles. The zero-order valence-electron chi connectivity index (χ0n) is 15.8. The molecule has 0 unspecified atom stereocenters. The highest BCUT2D eigenvalue weighted by atomic mass is 16.5. The predicted octanol–water partition coefficient (Wildman–Crippen LogP) is 2.86. The maximum Gasteiger partial charge on any atom is 0.374 e. The zero-order valence-corrected chi connectivity index (χ0v) is 15.8. The highest BCUT2D eigenvalue weighted by Crippen LogP contribution is 2.16. The average Bonchev–Trinajstić information content (AvgIpc) is 2.66. The van der Waals surface area contributed by atoms with E-state index in [9.17, 15) is 19.2 Å². The molecule has 0 radical (unpaired) electrons. The Morgan fingerprint density at radius 2 is 1.72 bits per heavy atom. The van der Waals surface area contributed by atoms with E-state index in [2.05, 4.69) is 10.6 Å². The lowest BCUT2D eigenvalue weighted by atomic mass is 10.1. The van der Waals surface area contributed by atoms with Crippen molar-refractivity contribution in [3.63, 3.8) is 0 Å². The van der Waals surface area contributed by atoms with Gasteiger partial charge < -0.3 is 19.8 Å². The fourth-order valence-corrected chi connectivity index (χ4v) is 2.65. The first-order chi connectivity index (χ1) is 13.8. The number of carbonyl (C=O) groups excluding carboxylic acids is 3. The van der Waals surface area contributed by atoms with E-state index in [1.807, 2.05) is 6.92 Å². The second-order valence-electron chi connectivity index (χ2n) is 6.36. The van der Waals surface area contributed by atoms with Gasteiger partial charge in [0, 0.05) is 24.4 Å². The summed E-state index contributed by atoms with van der Waals surface area (Å²) in [5.41, 5.74) is 1.71. The minimum atomic E-state index is -0.924. The van der Waals surface area contributed by atoms with E-state index < -0.39 is 18.5 Å². The fraction of sp³-hybridized carbons (Fsp3) is 0.143. The molecule has 0 aliphatic rings. The lowest BCUT2D eigenvalue weighted by Crippen LogP contribution is -2.21.